The summed E-state index contributed by atoms with van der Waals surface area (Å²) in [5, 5.41) is 24.0. The monoisotopic (exact) mass is 703 g/mol. The molecule has 4 amide bonds. The largest absolute Gasteiger partial charge is 0.508 e. The van der Waals surface area contributed by atoms with Gasteiger partial charge < -0.3 is 48.4 Å². The van der Waals surface area contributed by atoms with Crippen molar-refractivity contribution in [2.24, 2.45) is 22.2 Å². The van der Waals surface area contributed by atoms with Crippen LogP contribution in [0.25, 0.3) is 0 Å². The number of carbonyl (C=O) groups excluding carboxylic acids is 4. The highest BCUT2D eigenvalue weighted by Crippen LogP contribution is 2.22. The zero-order valence-corrected chi connectivity index (χ0v) is 29.9. The Morgan fingerprint density at radius 3 is 2.02 bits per heavy atom. The minimum absolute atomic E-state index is 0.0755. The molecular formula is C32H51N9O5P2. The Morgan fingerprint density at radius 1 is 0.812 bits per heavy atom. The van der Waals surface area contributed by atoms with E-state index in [0.29, 0.717) is 25.9 Å². The molecule has 264 valence electrons. The van der Waals surface area contributed by atoms with Gasteiger partial charge in [-0.05, 0) is 96.3 Å². The molecular weight excluding hydrogens is 652 g/mol. The van der Waals surface area contributed by atoms with Crippen molar-refractivity contribution in [1.82, 2.24) is 26.1 Å². The van der Waals surface area contributed by atoms with Crippen LogP contribution in [0.1, 0.15) is 54.4 Å². The smallest absolute Gasteiger partial charge is 0.243 e. The minimum atomic E-state index is -1.11. The number of guanidine groups is 1. The summed E-state index contributed by atoms with van der Waals surface area (Å²) in [5.74, 6) is -2.11. The number of rotatable bonds is 20. The molecule has 0 saturated heterocycles. The van der Waals surface area contributed by atoms with Crippen molar-refractivity contribution in [2.75, 3.05) is 13.1 Å². The second-order valence-electron chi connectivity index (χ2n) is 11.6. The van der Waals surface area contributed by atoms with Crippen LogP contribution in [0, 0.1) is 13.8 Å². The molecule has 0 aliphatic carbocycles. The normalized spacial score (nSPS) is 13.9. The van der Waals surface area contributed by atoms with E-state index < -0.39 is 47.8 Å². The third-order valence-electron chi connectivity index (χ3n) is 7.80. The lowest BCUT2D eigenvalue weighted by Crippen LogP contribution is -2.58. The Labute approximate surface area is 287 Å². The molecule has 6 atom stereocenters. The van der Waals surface area contributed by atoms with Crippen LogP contribution in [0.5, 0.6) is 5.75 Å². The minimum Gasteiger partial charge on any atom is -0.508 e. The van der Waals surface area contributed by atoms with Crippen molar-refractivity contribution >= 4 is 48.4 Å². The Kier molecular flexibility index (Phi) is 17.8. The molecule has 0 spiro atoms. The quantitative estimate of drug-likeness (QED) is 0.0392. The van der Waals surface area contributed by atoms with E-state index in [1.807, 2.05) is 30.3 Å². The van der Waals surface area contributed by atoms with Gasteiger partial charge in [0.25, 0.3) is 0 Å². The van der Waals surface area contributed by atoms with Gasteiger partial charge in [0.15, 0.2) is 5.96 Å². The lowest BCUT2D eigenvalue weighted by molar-refractivity contribution is -0.133. The van der Waals surface area contributed by atoms with Gasteiger partial charge in [0.2, 0.25) is 23.6 Å². The maximum Gasteiger partial charge on any atom is 0.243 e. The van der Waals surface area contributed by atoms with E-state index >= 15 is 0 Å². The Bertz CT molecular complexity index is 1370. The van der Waals surface area contributed by atoms with Gasteiger partial charge >= 0.3 is 0 Å². The number of benzene rings is 2. The van der Waals surface area contributed by atoms with Crippen LogP contribution in [0.4, 0.5) is 0 Å². The highest BCUT2D eigenvalue weighted by atomic mass is 31.0. The zero-order chi connectivity index (χ0) is 35.6. The number of hydrogen-bond donors (Lipinski definition) is 9. The van der Waals surface area contributed by atoms with Crippen molar-refractivity contribution in [3.8, 4) is 5.75 Å². The molecule has 0 aliphatic rings. The third-order valence-corrected chi connectivity index (χ3v) is 8.39. The highest BCUT2D eigenvalue weighted by Gasteiger charge is 2.30. The predicted molar refractivity (Wildman–Crippen MR) is 195 cm³/mol. The Balaban J connectivity index is 2.30. The van der Waals surface area contributed by atoms with E-state index in [1.54, 1.807) is 26.0 Å². The average molecular weight is 704 g/mol. The first-order valence-corrected chi connectivity index (χ1v) is 17.0. The Hall–Kier alpha value is -3.83. The lowest BCUT2D eigenvalue weighted by Gasteiger charge is -2.26. The van der Waals surface area contributed by atoms with Gasteiger partial charge in [-0.2, -0.15) is 0 Å². The van der Waals surface area contributed by atoms with Gasteiger partial charge in [-0.3, -0.25) is 24.2 Å². The van der Waals surface area contributed by atoms with Crippen LogP contribution in [0.3, 0.4) is 0 Å². The zero-order valence-electron chi connectivity index (χ0n) is 27.6. The van der Waals surface area contributed by atoms with Crippen LogP contribution in [-0.2, 0) is 32.0 Å². The van der Waals surface area contributed by atoms with Crippen molar-refractivity contribution in [2.45, 2.75) is 83.0 Å². The number of aliphatic imine (C=N–C) groups is 1. The summed E-state index contributed by atoms with van der Waals surface area (Å²) in [6, 6.07) is 8.22. The topological polar surface area (TPSA) is 239 Å². The van der Waals surface area contributed by atoms with Gasteiger partial charge in [-0.25, -0.2) is 0 Å². The average Bonchev–Trinajstić information content (AvgIpc) is 3.05. The molecule has 0 saturated carbocycles. The number of nitrogens with zero attached hydrogens (tertiary/aromatic N) is 1. The van der Waals surface area contributed by atoms with Crippen LogP contribution >= 0.6 is 18.8 Å². The van der Waals surface area contributed by atoms with Gasteiger partial charge in [0, 0.05) is 19.4 Å². The lowest BCUT2D eigenvalue weighted by atomic mass is 9.95. The number of hydrogen-bond acceptors (Lipinski definition) is 8. The molecule has 16 heteroatoms. The van der Waals surface area contributed by atoms with Gasteiger partial charge in [0.1, 0.15) is 23.9 Å². The first-order valence-electron chi connectivity index (χ1n) is 15.8. The second kappa shape index (κ2) is 21.2. The van der Waals surface area contributed by atoms with Crippen LogP contribution in [0.15, 0.2) is 47.5 Å². The number of aryl methyl sites for hydroxylation is 2. The summed E-state index contributed by atoms with van der Waals surface area (Å²) in [4.78, 5) is 57.2. The summed E-state index contributed by atoms with van der Waals surface area (Å²) >= 11 is 0. The van der Waals surface area contributed by atoms with Crippen molar-refractivity contribution in [1.29, 1.82) is 0 Å². The van der Waals surface area contributed by atoms with E-state index in [1.165, 1.54) is 0 Å². The number of aromatic hydroxyl groups is 1. The number of carbonyl (C=O) groups is 4. The summed E-state index contributed by atoms with van der Waals surface area (Å²) < 4.78 is 0. The number of nitrogens with two attached hydrogens (primary N) is 3. The summed E-state index contributed by atoms with van der Waals surface area (Å²) in [5.41, 5.74) is 20.5. The molecule has 2 aromatic rings. The molecule has 12 N–H and O–H groups in total. The fourth-order valence-electron chi connectivity index (χ4n) is 5.13. The molecule has 0 bridgehead atoms. The highest BCUT2D eigenvalue weighted by molar-refractivity contribution is 7.15. The third kappa shape index (κ3) is 14.1. The van der Waals surface area contributed by atoms with Gasteiger partial charge in [0.05, 0.1) is 6.04 Å². The Morgan fingerprint density at radius 2 is 1.42 bits per heavy atom. The predicted octanol–water partition coefficient (Wildman–Crippen LogP) is 0.0858. The summed E-state index contributed by atoms with van der Waals surface area (Å²) in [6.07, 6.45) is 2.59. The number of unbranched alkanes of at least 4 members (excludes halogenated alkanes) is 1. The van der Waals surface area contributed by atoms with Crippen molar-refractivity contribution < 1.29 is 24.3 Å². The maximum absolute atomic E-state index is 13.9. The summed E-state index contributed by atoms with van der Waals surface area (Å²) in [7, 11) is 4.66. The molecule has 0 heterocycles. The van der Waals surface area contributed by atoms with Crippen molar-refractivity contribution in [3.05, 3.63) is 64.7 Å². The van der Waals surface area contributed by atoms with E-state index in [2.05, 4.69) is 49.9 Å². The van der Waals surface area contributed by atoms with E-state index in [-0.39, 0.29) is 37.4 Å². The fraction of sp³-hybridized carbons (Fsp3) is 0.469. The van der Waals surface area contributed by atoms with E-state index in [4.69, 9.17) is 17.2 Å². The first-order chi connectivity index (χ1) is 22.9. The van der Waals surface area contributed by atoms with Crippen molar-refractivity contribution in [3.63, 3.8) is 0 Å². The van der Waals surface area contributed by atoms with E-state index in [9.17, 15) is 24.3 Å². The molecule has 6 unspecified atom stereocenters. The van der Waals surface area contributed by atoms with E-state index in [0.717, 1.165) is 28.7 Å². The summed E-state index contributed by atoms with van der Waals surface area (Å²) in [6.45, 7) is 4.62. The molecule has 0 aliphatic heterocycles. The molecule has 14 nitrogen and oxygen atoms in total. The van der Waals surface area contributed by atoms with Gasteiger partial charge in [-0.15, -0.1) is 0 Å². The number of primary amides is 1. The maximum atomic E-state index is 13.9. The van der Waals surface area contributed by atoms with Crippen LogP contribution in [0.2, 0.25) is 0 Å². The van der Waals surface area contributed by atoms with Crippen LogP contribution in [-0.4, -0.2) is 72.0 Å². The number of phenolic OH excluding ortho intramolecular Hbond substituents is 1. The second-order valence-corrected chi connectivity index (χ2v) is 12.3. The molecule has 0 fully saturated rings. The number of amides is 4. The first kappa shape index (κ1) is 40.3. The SMILES string of the molecule is Cc1cc(O)cc(C)c1CC(NC(=O)C(N)CCCN=C(N)NP)C(=O)NC(CCCCNP)C(=O)NC(Cc1ccccc1)C(N)=O. The molecule has 0 aromatic heterocycles. The molecule has 2 rings (SSSR count). The molecule has 48 heavy (non-hydrogen) atoms. The standard InChI is InChI=1S/C32H51N9O5P2/c1-19-15-22(42)16-20(2)23(19)18-27(40-29(44)24(33)11-8-13-36-32(35)41-48)31(46)38-25(12-6-7-14-37-47)30(45)39-26(28(34)43)17-21-9-4-3-5-10-21/h3-5,9-10,15-16,24-27,37,42H,6-8,11-14,17-18,33,47-48H2,1-2H3,(H2,34,43)(H,38,46)(H,39,45)(H,40,44)(H3,35,36,41). The molecule has 0 radical (unpaired) electrons. The fourth-order valence-corrected chi connectivity index (χ4v) is 5.43. The number of phenols is 1. The van der Waals surface area contributed by atoms with Gasteiger partial charge in [-0.1, -0.05) is 39.7 Å². The number of nitrogens with one attached hydrogen (secondary N) is 5. The van der Waals surface area contributed by atoms with Crippen LogP contribution < -0.4 is 43.3 Å². The molecule has 2 aromatic carbocycles.